The fourth-order valence-electron chi connectivity index (χ4n) is 2.49. The van der Waals surface area contributed by atoms with Gasteiger partial charge in [0.25, 0.3) is 0 Å². The van der Waals surface area contributed by atoms with Gasteiger partial charge in [0.15, 0.2) is 5.78 Å². The third-order valence-electron chi connectivity index (χ3n) is 3.34. The van der Waals surface area contributed by atoms with Crippen LogP contribution in [0.1, 0.15) is 39.0 Å². The Bertz CT molecular complexity index is 238. The molecule has 0 aromatic carbocycles. The van der Waals surface area contributed by atoms with Gasteiger partial charge in [0.1, 0.15) is 5.60 Å². The van der Waals surface area contributed by atoms with Crippen molar-refractivity contribution in [1.29, 1.82) is 0 Å². The summed E-state index contributed by atoms with van der Waals surface area (Å²) in [5, 5.41) is 0. The van der Waals surface area contributed by atoms with E-state index in [-0.39, 0.29) is 11.4 Å². The Labute approximate surface area is 79.0 Å². The van der Waals surface area contributed by atoms with Crippen LogP contribution in [-0.2, 0) is 9.53 Å². The third kappa shape index (κ3) is 1.62. The van der Waals surface area contributed by atoms with E-state index in [2.05, 4.69) is 6.92 Å². The molecule has 0 aromatic heterocycles. The summed E-state index contributed by atoms with van der Waals surface area (Å²) in [6.07, 6.45) is 8.70. The molecule has 0 N–H and O–H groups in total. The van der Waals surface area contributed by atoms with Crippen LogP contribution >= 0.6 is 0 Å². The molecule has 2 aliphatic rings. The minimum atomic E-state index is -0.206. The topological polar surface area (TPSA) is 26.3 Å². The highest BCUT2D eigenvalue weighted by Crippen LogP contribution is 2.39. The Morgan fingerprint density at radius 3 is 2.77 bits per heavy atom. The molecule has 0 radical (unpaired) electrons. The molecule has 0 aromatic rings. The lowest BCUT2D eigenvalue weighted by molar-refractivity contribution is -0.124. The van der Waals surface area contributed by atoms with Crippen molar-refractivity contribution in [1.82, 2.24) is 0 Å². The van der Waals surface area contributed by atoms with E-state index in [1.165, 1.54) is 31.8 Å². The summed E-state index contributed by atoms with van der Waals surface area (Å²) in [4.78, 5) is 11.3. The second-order valence-corrected chi connectivity index (χ2v) is 4.36. The van der Waals surface area contributed by atoms with Crippen molar-refractivity contribution in [3.63, 3.8) is 0 Å². The Kier molecular flexibility index (Phi) is 2.14. The fraction of sp³-hybridized carbons (Fsp3) is 0.727. The molecule has 2 heteroatoms. The van der Waals surface area contributed by atoms with Gasteiger partial charge >= 0.3 is 0 Å². The second kappa shape index (κ2) is 3.17. The maximum Gasteiger partial charge on any atom is 0.162 e. The lowest BCUT2D eigenvalue weighted by atomic mass is 9.82. The zero-order valence-corrected chi connectivity index (χ0v) is 8.08. The number of ether oxygens (including phenoxy) is 1. The Balaban J connectivity index is 2.10. The van der Waals surface area contributed by atoms with Crippen LogP contribution in [-0.4, -0.2) is 11.4 Å². The van der Waals surface area contributed by atoms with E-state index in [0.717, 1.165) is 0 Å². The average Bonchev–Trinajstić information content (AvgIpc) is 2.55. The van der Waals surface area contributed by atoms with Gasteiger partial charge in [0, 0.05) is 6.08 Å². The van der Waals surface area contributed by atoms with Crippen molar-refractivity contribution >= 4 is 5.78 Å². The third-order valence-corrected chi connectivity index (χ3v) is 3.34. The molecular weight excluding hydrogens is 164 g/mol. The van der Waals surface area contributed by atoms with E-state index in [1.54, 1.807) is 6.26 Å². The van der Waals surface area contributed by atoms with E-state index in [4.69, 9.17) is 4.74 Å². The SMILES string of the molecule is CC1(C2CCCC2)CC(=O)C=CO1. The molecule has 0 saturated heterocycles. The summed E-state index contributed by atoms with van der Waals surface area (Å²) in [5.74, 6) is 0.794. The first-order chi connectivity index (χ1) is 6.21. The summed E-state index contributed by atoms with van der Waals surface area (Å²) in [5.41, 5.74) is -0.206. The first kappa shape index (κ1) is 8.79. The molecule has 1 saturated carbocycles. The number of carbonyl (C=O) groups is 1. The number of hydrogen-bond donors (Lipinski definition) is 0. The van der Waals surface area contributed by atoms with E-state index in [9.17, 15) is 4.79 Å². The van der Waals surface area contributed by atoms with Gasteiger partial charge < -0.3 is 4.74 Å². The predicted molar refractivity (Wildman–Crippen MR) is 50.2 cm³/mol. The minimum absolute atomic E-state index is 0.206. The summed E-state index contributed by atoms with van der Waals surface area (Å²) >= 11 is 0. The lowest BCUT2D eigenvalue weighted by Gasteiger charge is -2.36. The predicted octanol–water partition coefficient (Wildman–Crippen LogP) is 2.44. The van der Waals surface area contributed by atoms with Gasteiger partial charge in [-0.05, 0) is 25.7 Å². The molecule has 1 fully saturated rings. The van der Waals surface area contributed by atoms with E-state index >= 15 is 0 Å². The minimum Gasteiger partial charge on any atom is -0.494 e. The van der Waals surface area contributed by atoms with Crippen molar-refractivity contribution in [3.05, 3.63) is 12.3 Å². The van der Waals surface area contributed by atoms with Crippen molar-refractivity contribution in [2.45, 2.75) is 44.6 Å². The van der Waals surface area contributed by atoms with Crippen molar-refractivity contribution < 1.29 is 9.53 Å². The van der Waals surface area contributed by atoms with Gasteiger partial charge in [-0.1, -0.05) is 12.8 Å². The first-order valence-corrected chi connectivity index (χ1v) is 5.08. The van der Waals surface area contributed by atoms with E-state index in [1.807, 2.05) is 0 Å². The smallest absolute Gasteiger partial charge is 0.162 e. The Morgan fingerprint density at radius 1 is 1.46 bits per heavy atom. The van der Waals surface area contributed by atoms with E-state index < -0.39 is 0 Å². The number of ketones is 1. The fourth-order valence-corrected chi connectivity index (χ4v) is 2.49. The molecular formula is C11H16O2. The molecule has 13 heavy (non-hydrogen) atoms. The van der Waals surface area contributed by atoms with Crippen LogP contribution in [0.15, 0.2) is 12.3 Å². The van der Waals surface area contributed by atoms with Gasteiger partial charge in [-0.2, -0.15) is 0 Å². The monoisotopic (exact) mass is 180 g/mol. The number of allylic oxidation sites excluding steroid dienone is 1. The van der Waals surface area contributed by atoms with Crippen molar-refractivity contribution in [3.8, 4) is 0 Å². The molecule has 1 atom stereocenters. The zero-order valence-electron chi connectivity index (χ0n) is 8.08. The molecule has 1 unspecified atom stereocenters. The maximum atomic E-state index is 11.3. The van der Waals surface area contributed by atoms with Crippen LogP contribution in [0, 0.1) is 5.92 Å². The molecule has 1 heterocycles. The molecule has 0 spiro atoms. The van der Waals surface area contributed by atoms with Gasteiger partial charge in [-0.3, -0.25) is 4.79 Å². The molecule has 72 valence electrons. The highest BCUT2D eigenvalue weighted by Gasteiger charge is 2.40. The van der Waals surface area contributed by atoms with Crippen LogP contribution < -0.4 is 0 Å². The average molecular weight is 180 g/mol. The van der Waals surface area contributed by atoms with Crippen LogP contribution in [0.2, 0.25) is 0 Å². The number of rotatable bonds is 1. The Morgan fingerprint density at radius 2 is 2.15 bits per heavy atom. The lowest BCUT2D eigenvalue weighted by Crippen LogP contribution is -2.39. The largest absolute Gasteiger partial charge is 0.494 e. The van der Waals surface area contributed by atoms with Gasteiger partial charge in [0.05, 0.1) is 12.7 Å². The highest BCUT2D eigenvalue weighted by molar-refractivity contribution is 5.90. The molecule has 1 aliphatic heterocycles. The molecule has 2 rings (SSSR count). The maximum absolute atomic E-state index is 11.3. The van der Waals surface area contributed by atoms with Crippen LogP contribution in [0.25, 0.3) is 0 Å². The summed E-state index contributed by atoms with van der Waals surface area (Å²) in [6.45, 7) is 2.07. The highest BCUT2D eigenvalue weighted by atomic mass is 16.5. The van der Waals surface area contributed by atoms with Crippen molar-refractivity contribution in [2.24, 2.45) is 5.92 Å². The summed E-state index contributed by atoms with van der Waals surface area (Å²) in [6, 6.07) is 0. The number of hydrogen-bond acceptors (Lipinski definition) is 2. The van der Waals surface area contributed by atoms with Crippen molar-refractivity contribution in [2.75, 3.05) is 0 Å². The molecule has 0 amide bonds. The van der Waals surface area contributed by atoms with Crippen LogP contribution in [0.5, 0.6) is 0 Å². The van der Waals surface area contributed by atoms with Crippen LogP contribution in [0.4, 0.5) is 0 Å². The summed E-state index contributed by atoms with van der Waals surface area (Å²) < 4.78 is 5.62. The zero-order chi connectivity index (χ0) is 9.31. The van der Waals surface area contributed by atoms with E-state index in [0.29, 0.717) is 12.3 Å². The normalized spacial score (nSPS) is 35.0. The van der Waals surface area contributed by atoms with Gasteiger partial charge in [-0.15, -0.1) is 0 Å². The second-order valence-electron chi connectivity index (χ2n) is 4.36. The molecule has 1 aliphatic carbocycles. The number of carbonyl (C=O) groups excluding carboxylic acids is 1. The Hall–Kier alpha value is -0.790. The van der Waals surface area contributed by atoms with Gasteiger partial charge in [0.2, 0.25) is 0 Å². The first-order valence-electron chi connectivity index (χ1n) is 5.08. The van der Waals surface area contributed by atoms with Gasteiger partial charge in [-0.25, -0.2) is 0 Å². The molecule has 0 bridgehead atoms. The molecule has 2 nitrogen and oxygen atoms in total. The summed E-state index contributed by atoms with van der Waals surface area (Å²) in [7, 11) is 0. The van der Waals surface area contributed by atoms with Crippen LogP contribution in [0.3, 0.4) is 0 Å². The quantitative estimate of drug-likeness (QED) is 0.619. The standard InChI is InChI=1S/C11H16O2/c1-11(9-4-2-3-5-9)8-10(12)6-7-13-11/h6-7,9H,2-5,8H2,1H3.